The molecule has 1 saturated heterocycles. The van der Waals surface area contributed by atoms with Gasteiger partial charge in [0.2, 0.25) is 9.84 Å². The molecule has 2 heterocycles. The summed E-state index contributed by atoms with van der Waals surface area (Å²) in [7, 11) is -3.84. The minimum atomic E-state index is -3.84. The Hall–Kier alpha value is -2.60. The number of anilines is 1. The summed E-state index contributed by atoms with van der Waals surface area (Å²) in [4.78, 5) is 15.1. The predicted octanol–water partition coefficient (Wildman–Crippen LogP) is 3.16. The van der Waals surface area contributed by atoms with E-state index in [0.29, 0.717) is 17.8 Å². The van der Waals surface area contributed by atoms with E-state index < -0.39 is 15.7 Å². The molecule has 26 heavy (non-hydrogen) atoms. The van der Waals surface area contributed by atoms with Gasteiger partial charge >= 0.3 is 0 Å². The van der Waals surface area contributed by atoms with Crippen molar-refractivity contribution in [2.75, 3.05) is 11.4 Å². The molecule has 5 nitrogen and oxygen atoms in total. The largest absolute Gasteiger partial charge is 0.345 e. The summed E-state index contributed by atoms with van der Waals surface area (Å²) in [5.41, 5.74) is 2.22. The van der Waals surface area contributed by atoms with Crippen molar-refractivity contribution in [1.82, 2.24) is 5.32 Å². The molecule has 1 atom stereocenters. The molecule has 2 aromatic rings. The SMILES string of the molecule is C[C@H](NC(=O)C1=C2CCCN2c2ccccc2S1(=O)=O)c1ccccc1. The van der Waals surface area contributed by atoms with E-state index in [0.717, 1.165) is 18.5 Å². The first kappa shape index (κ1) is 16.8. The number of nitrogens with one attached hydrogen (secondary N) is 1. The molecule has 134 valence electrons. The normalized spacial score (nSPS) is 18.9. The van der Waals surface area contributed by atoms with Crippen molar-refractivity contribution in [3.8, 4) is 0 Å². The highest BCUT2D eigenvalue weighted by Crippen LogP contribution is 2.43. The first-order chi connectivity index (χ1) is 12.5. The molecule has 0 bridgehead atoms. The van der Waals surface area contributed by atoms with Gasteiger partial charge in [0.05, 0.1) is 16.6 Å². The lowest BCUT2D eigenvalue weighted by Crippen LogP contribution is -2.36. The number of hydrogen-bond acceptors (Lipinski definition) is 4. The molecule has 2 aliphatic rings. The van der Waals surface area contributed by atoms with Crippen molar-refractivity contribution in [2.45, 2.75) is 30.7 Å². The van der Waals surface area contributed by atoms with Gasteiger partial charge in [-0.15, -0.1) is 0 Å². The number of allylic oxidation sites excluding steroid dienone is 1. The third-order valence-corrected chi connectivity index (χ3v) is 6.83. The number of carbonyl (C=O) groups excluding carboxylic acids is 1. The number of fused-ring (bicyclic) bond motifs is 3. The second kappa shape index (κ2) is 6.29. The van der Waals surface area contributed by atoms with E-state index in [1.165, 1.54) is 0 Å². The van der Waals surface area contributed by atoms with E-state index in [1.54, 1.807) is 18.2 Å². The van der Waals surface area contributed by atoms with Crippen molar-refractivity contribution >= 4 is 21.4 Å². The number of hydrogen-bond donors (Lipinski definition) is 1. The molecule has 1 fully saturated rings. The van der Waals surface area contributed by atoms with Crippen molar-refractivity contribution in [1.29, 1.82) is 0 Å². The molecule has 2 aromatic carbocycles. The molecule has 1 amide bonds. The van der Waals surface area contributed by atoms with Crippen LogP contribution in [0.3, 0.4) is 0 Å². The third kappa shape index (κ3) is 2.61. The number of sulfone groups is 1. The predicted molar refractivity (Wildman–Crippen MR) is 100 cm³/mol. The molecule has 0 aromatic heterocycles. The van der Waals surface area contributed by atoms with Gasteiger partial charge in [-0.1, -0.05) is 42.5 Å². The van der Waals surface area contributed by atoms with Crippen LogP contribution in [0.5, 0.6) is 0 Å². The zero-order valence-electron chi connectivity index (χ0n) is 14.5. The maximum Gasteiger partial charge on any atom is 0.265 e. The lowest BCUT2D eigenvalue weighted by molar-refractivity contribution is -0.117. The van der Waals surface area contributed by atoms with Crippen LogP contribution in [-0.2, 0) is 14.6 Å². The van der Waals surface area contributed by atoms with Crippen LogP contribution >= 0.6 is 0 Å². The van der Waals surface area contributed by atoms with Crippen LogP contribution in [0.1, 0.15) is 31.4 Å². The maximum absolute atomic E-state index is 13.2. The van der Waals surface area contributed by atoms with E-state index in [-0.39, 0.29) is 15.8 Å². The molecule has 0 aliphatic carbocycles. The lowest BCUT2D eigenvalue weighted by atomic mass is 10.1. The molecule has 0 saturated carbocycles. The number of para-hydroxylation sites is 1. The average molecular weight is 368 g/mol. The zero-order chi connectivity index (χ0) is 18.3. The van der Waals surface area contributed by atoms with Crippen molar-refractivity contribution in [3.05, 3.63) is 70.8 Å². The summed E-state index contributed by atoms with van der Waals surface area (Å²) in [6.45, 7) is 2.58. The van der Waals surface area contributed by atoms with Crippen LogP contribution in [0.15, 0.2) is 70.1 Å². The topological polar surface area (TPSA) is 66.5 Å². The fraction of sp³-hybridized carbons (Fsp3) is 0.250. The highest BCUT2D eigenvalue weighted by Gasteiger charge is 2.41. The van der Waals surface area contributed by atoms with Gasteiger partial charge in [-0.3, -0.25) is 4.79 Å². The van der Waals surface area contributed by atoms with E-state index >= 15 is 0 Å². The fourth-order valence-electron chi connectivity index (χ4n) is 3.69. The van der Waals surface area contributed by atoms with Crippen LogP contribution in [-0.4, -0.2) is 20.9 Å². The Balaban J connectivity index is 1.74. The smallest absolute Gasteiger partial charge is 0.265 e. The standard InChI is InChI=1S/C20H20N2O3S/c1-14(15-8-3-2-4-9-15)21-20(23)19-17-11-7-13-22(17)16-10-5-6-12-18(16)26(19,24)25/h2-6,8-10,12,14H,7,11,13H2,1H3,(H,21,23)/t14-/m0/s1. The third-order valence-electron chi connectivity index (χ3n) is 4.95. The molecule has 6 heteroatoms. The van der Waals surface area contributed by atoms with Gasteiger partial charge in [-0.2, -0.15) is 0 Å². The van der Waals surface area contributed by atoms with Gasteiger partial charge in [0.25, 0.3) is 5.91 Å². The van der Waals surface area contributed by atoms with Gasteiger partial charge in [-0.05, 0) is 37.5 Å². The molecule has 1 N–H and O–H groups in total. The Morgan fingerprint density at radius 3 is 2.54 bits per heavy atom. The molecular weight excluding hydrogens is 348 g/mol. The van der Waals surface area contributed by atoms with Crippen molar-refractivity contribution in [3.63, 3.8) is 0 Å². The Morgan fingerprint density at radius 2 is 1.77 bits per heavy atom. The van der Waals surface area contributed by atoms with Crippen LogP contribution in [0.2, 0.25) is 0 Å². The number of nitrogens with zero attached hydrogens (tertiary/aromatic N) is 1. The summed E-state index contributed by atoms with van der Waals surface area (Å²) >= 11 is 0. The summed E-state index contributed by atoms with van der Waals surface area (Å²) < 4.78 is 26.3. The van der Waals surface area contributed by atoms with Crippen molar-refractivity contribution in [2.24, 2.45) is 0 Å². The summed E-state index contributed by atoms with van der Waals surface area (Å²) in [6, 6.07) is 16.1. The highest BCUT2D eigenvalue weighted by atomic mass is 32.2. The zero-order valence-corrected chi connectivity index (χ0v) is 15.3. The minimum absolute atomic E-state index is 0.100. The Kier molecular flexibility index (Phi) is 4.07. The molecule has 0 unspecified atom stereocenters. The Morgan fingerprint density at radius 1 is 1.08 bits per heavy atom. The van der Waals surface area contributed by atoms with Gasteiger partial charge in [0, 0.05) is 12.2 Å². The summed E-state index contributed by atoms with van der Waals surface area (Å²) in [5.74, 6) is -0.530. The number of rotatable bonds is 3. The lowest BCUT2D eigenvalue weighted by Gasteiger charge is -2.30. The Labute approximate surface area is 153 Å². The van der Waals surface area contributed by atoms with E-state index in [9.17, 15) is 13.2 Å². The number of amides is 1. The molecular formula is C20H20N2O3S. The first-order valence-corrected chi connectivity index (χ1v) is 10.2. The minimum Gasteiger partial charge on any atom is -0.345 e. The van der Waals surface area contributed by atoms with Crippen LogP contribution < -0.4 is 10.2 Å². The highest BCUT2D eigenvalue weighted by molar-refractivity contribution is 7.96. The number of benzene rings is 2. The van der Waals surface area contributed by atoms with Gasteiger partial charge < -0.3 is 10.2 Å². The van der Waals surface area contributed by atoms with Gasteiger partial charge in [-0.25, -0.2) is 8.42 Å². The molecule has 4 rings (SSSR count). The van der Waals surface area contributed by atoms with E-state index in [2.05, 4.69) is 5.32 Å². The summed E-state index contributed by atoms with van der Waals surface area (Å²) in [5, 5.41) is 2.86. The second-order valence-electron chi connectivity index (χ2n) is 6.61. The van der Waals surface area contributed by atoms with Gasteiger partial charge in [0.15, 0.2) is 4.91 Å². The monoisotopic (exact) mass is 368 g/mol. The molecule has 2 aliphatic heterocycles. The summed E-state index contributed by atoms with van der Waals surface area (Å²) in [6.07, 6.45) is 1.43. The van der Waals surface area contributed by atoms with E-state index in [1.807, 2.05) is 48.2 Å². The average Bonchev–Trinajstić information content (AvgIpc) is 3.11. The fourth-order valence-corrected chi connectivity index (χ4v) is 5.45. The molecule has 0 radical (unpaired) electrons. The second-order valence-corrected chi connectivity index (χ2v) is 8.46. The van der Waals surface area contributed by atoms with Gasteiger partial charge in [0.1, 0.15) is 0 Å². The van der Waals surface area contributed by atoms with Crippen molar-refractivity contribution < 1.29 is 13.2 Å². The quantitative estimate of drug-likeness (QED) is 0.904. The first-order valence-electron chi connectivity index (χ1n) is 8.71. The number of carbonyl (C=O) groups is 1. The van der Waals surface area contributed by atoms with Crippen LogP contribution in [0, 0.1) is 0 Å². The maximum atomic E-state index is 13.2. The van der Waals surface area contributed by atoms with Crippen LogP contribution in [0.25, 0.3) is 0 Å². The van der Waals surface area contributed by atoms with E-state index in [4.69, 9.17) is 0 Å². The van der Waals surface area contributed by atoms with Crippen LogP contribution in [0.4, 0.5) is 5.69 Å². The molecule has 0 spiro atoms. The Bertz CT molecular complexity index is 997.